The molecule has 0 unspecified atom stereocenters. The molecule has 0 aromatic carbocycles. The predicted molar refractivity (Wildman–Crippen MR) is 84.4 cm³/mol. The Morgan fingerprint density at radius 3 is 2.59 bits per heavy atom. The highest BCUT2D eigenvalue weighted by molar-refractivity contribution is 7.88. The summed E-state index contributed by atoms with van der Waals surface area (Å²) in [5.74, 6) is 0.406. The quantitative estimate of drug-likeness (QED) is 0.785. The van der Waals surface area contributed by atoms with Gasteiger partial charge in [0.05, 0.1) is 24.5 Å². The first-order valence-electron chi connectivity index (χ1n) is 7.42. The number of carbonyl (C=O) groups is 1. The van der Waals surface area contributed by atoms with Gasteiger partial charge in [0.15, 0.2) is 0 Å². The molecule has 122 valence electrons. The zero-order chi connectivity index (χ0) is 16.3. The Morgan fingerprint density at radius 2 is 2.09 bits per heavy atom. The molecule has 7 heteroatoms. The molecule has 1 aliphatic heterocycles. The molecule has 2 heterocycles. The van der Waals surface area contributed by atoms with Crippen molar-refractivity contribution in [3.63, 3.8) is 0 Å². The third kappa shape index (κ3) is 4.27. The van der Waals surface area contributed by atoms with Crippen LogP contribution in [0.4, 0.5) is 0 Å². The van der Waals surface area contributed by atoms with Crippen molar-refractivity contribution in [1.29, 1.82) is 0 Å². The number of nitrogens with zero attached hydrogens (tertiary/aromatic N) is 3. The molecule has 2 rings (SSSR count). The van der Waals surface area contributed by atoms with Crippen LogP contribution >= 0.6 is 0 Å². The first-order chi connectivity index (χ1) is 10.3. The average molecular weight is 325 g/mol. The Hall–Kier alpha value is -1.47. The molecule has 1 aromatic heterocycles. The van der Waals surface area contributed by atoms with Gasteiger partial charge in [0.25, 0.3) is 0 Å². The Kier molecular flexibility index (Phi) is 5.18. The van der Waals surface area contributed by atoms with E-state index >= 15 is 0 Å². The Balaban J connectivity index is 2.00. The van der Waals surface area contributed by atoms with Crippen LogP contribution in [0, 0.1) is 5.92 Å². The van der Waals surface area contributed by atoms with E-state index < -0.39 is 10.0 Å². The van der Waals surface area contributed by atoms with E-state index in [4.69, 9.17) is 0 Å². The van der Waals surface area contributed by atoms with Gasteiger partial charge in [-0.2, -0.15) is 4.31 Å². The van der Waals surface area contributed by atoms with Crippen molar-refractivity contribution in [3.05, 3.63) is 30.1 Å². The molecule has 1 aliphatic rings. The summed E-state index contributed by atoms with van der Waals surface area (Å²) in [4.78, 5) is 17.9. The third-order valence-corrected chi connectivity index (χ3v) is 4.95. The molecule has 0 aliphatic carbocycles. The summed E-state index contributed by atoms with van der Waals surface area (Å²) in [6.45, 7) is 5.17. The number of amides is 1. The van der Waals surface area contributed by atoms with E-state index in [1.807, 2.05) is 19.9 Å². The minimum atomic E-state index is -3.34. The molecule has 0 N–H and O–H groups in total. The van der Waals surface area contributed by atoms with Gasteiger partial charge >= 0.3 is 0 Å². The van der Waals surface area contributed by atoms with Gasteiger partial charge in [-0.15, -0.1) is 0 Å². The van der Waals surface area contributed by atoms with Crippen LogP contribution in [0.5, 0.6) is 0 Å². The van der Waals surface area contributed by atoms with E-state index in [1.54, 1.807) is 23.2 Å². The molecule has 0 spiro atoms. The van der Waals surface area contributed by atoms with Crippen molar-refractivity contribution in [3.8, 4) is 0 Å². The van der Waals surface area contributed by atoms with Crippen molar-refractivity contribution in [2.24, 2.45) is 5.92 Å². The molecule has 0 bridgehead atoms. The number of sulfonamides is 1. The van der Waals surface area contributed by atoms with Crippen molar-refractivity contribution < 1.29 is 13.2 Å². The van der Waals surface area contributed by atoms with E-state index in [0.29, 0.717) is 31.1 Å². The average Bonchev–Trinajstić information content (AvgIpc) is 2.35. The lowest BCUT2D eigenvalue weighted by atomic mass is 10.0. The molecule has 1 aromatic rings. The highest BCUT2D eigenvalue weighted by Gasteiger charge is 2.38. The van der Waals surface area contributed by atoms with Gasteiger partial charge in [0, 0.05) is 25.7 Å². The maximum Gasteiger partial charge on any atom is 0.222 e. The molecule has 6 nitrogen and oxygen atoms in total. The largest absolute Gasteiger partial charge is 0.339 e. The molecular formula is C15H23N3O3S. The number of hydrogen-bond donors (Lipinski definition) is 0. The van der Waals surface area contributed by atoms with Crippen molar-refractivity contribution in [2.75, 3.05) is 19.3 Å². The minimum absolute atomic E-state index is 0.0949. The van der Waals surface area contributed by atoms with Crippen LogP contribution in [0.1, 0.15) is 26.0 Å². The zero-order valence-corrected chi connectivity index (χ0v) is 14.1. The van der Waals surface area contributed by atoms with Gasteiger partial charge in [0.1, 0.15) is 0 Å². The number of hydrogen-bond acceptors (Lipinski definition) is 4. The molecule has 0 radical (unpaired) electrons. The van der Waals surface area contributed by atoms with Gasteiger partial charge in [-0.3, -0.25) is 9.78 Å². The predicted octanol–water partition coefficient (Wildman–Crippen LogP) is 1.10. The van der Waals surface area contributed by atoms with Gasteiger partial charge in [-0.1, -0.05) is 19.9 Å². The highest BCUT2D eigenvalue weighted by Crippen LogP contribution is 2.21. The standard InChI is InChI=1S/C15H23N3O3S/c1-12(2)8-15(19)17-10-14(11-17)18(22(3,20)21)9-13-6-4-5-7-16-13/h4-7,12,14H,8-11H2,1-3H3. The van der Waals surface area contributed by atoms with E-state index in [2.05, 4.69) is 4.98 Å². The molecular weight excluding hydrogens is 302 g/mol. The highest BCUT2D eigenvalue weighted by atomic mass is 32.2. The summed E-state index contributed by atoms with van der Waals surface area (Å²) in [7, 11) is -3.34. The topological polar surface area (TPSA) is 70.6 Å². The van der Waals surface area contributed by atoms with Crippen molar-refractivity contribution in [1.82, 2.24) is 14.2 Å². The summed E-state index contributed by atoms with van der Waals surface area (Å²) >= 11 is 0. The summed E-state index contributed by atoms with van der Waals surface area (Å²) in [6, 6.07) is 5.28. The number of aromatic nitrogens is 1. The van der Waals surface area contributed by atoms with E-state index in [0.717, 1.165) is 0 Å². The lowest BCUT2D eigenvalue weighted by molar-refractivity contribution is -0.138. The van der Waals surface area contributed by atoms with Crippen LogP contribution in [-0.2, 0) is 21.4 Å². The van der Waals surface area contributed by atoms with Crippen LogP contribution in [0.15, 0.2) is 24.4 Å². The van der Waals surface area contributed by atoms with Crippen LogP contribution in [-0.4, -0.2) is 53.9 Å². The third-order valence-electron chi connectivity index (χ3n) is 3.68. The maximum absolute atomic E-state index is 12.0. The maximum atomic E-state index is 12.0. The van der Waals surface area contributed by atoms with E-state index in [9.17, 15) is 13.2 Å². The second-order valence-corrected chi connectivity index (χ2v) is 8.11. The lowest BCUT2D eigenvalue weighted by Gasteiger charge is -2.44. The number of rotatable bonds is 6. The number of carbonyl (C=O) groups excluding carboxylic acids is 1. The van der Waals surface area contributed by atoms with Crippen LogP contribution in [0.25, 0.3) is 0 Å². The molecule has 0 atom stereocenters. The van der Waals surface area contributed by atoms with Crippen LogP contribution < -0.4 is 0 Å². The molecule has 0 saturated carbocycles. The van der Waals surface area contributed by atoms with Gasteiger partial charge in [0.2, 0.25) is 15.9 Å². The lowest BCUT2D eigenvalue weighted by Crippen LogP contribution is -2.61. The zero-order valence-electron chi connectivity index (χ0n) is 13.3. The minimum Gasteiger partial charge on any atom is -0.339 e. The van der Waals surface area contributed by atoms with E-state index in [-0.39, 0.29) is 18.5 Å². The normalized spacial score (nSPS) is 16.1. The Bertz CT molecular complexity index is 610. The van der Waals surface area contributed by atoms with Gasteiger partial charge in [-0.05, 0) is 18.1 Å². The van der Waals surface area contributed by atoms with Crippen LogP contribution in [0.3, 0.4) is 0 Å². The smallest absolute Gasteiger partial charge is 0.222 e. The van der Waals surface area contributed by atoms with Crippen molar-refractivity contribution in [2.45, 2.75) is 32.9 Å². The summed E-state index contributed by atoms with van der Waals surface area (Å²) in [5, 5.41) is 0. The fourth-order valence-electron chi connectivity index (χ4n) is 2.49. The second-order valence-electron chi connectivity index (χ2n) is 6.18. The van der Waals surface area contributed by atoms with Gasteiger partial charge < -0.3 is 4.90 Å². The first kappa shape index (κ1) is 16.9. The monoisotopic (exact) mass is 325 g/mol. The Labute approximate surface area is 132 Å². The summed E-state index contributed by atoms with van der Waals surface area (Å²) < 4.78 is 25.5. The second kappa shape index (κ2) is 6.75. The molecule has 1 amide bonds. The molecule has 1 fully saturated rings. The Morgan fingerprint density at radius 1 is 1.41 bits per heavy atom. The number of likely N-dealkylation sites (tertiary alicyclic amines) is 1. The fourth-order valence-corrected chi connectivity index (χ4v) is 3.53. The first-order valence-corrected chi connectivity index (χ1v) is 9.26. The summed E-state index contributed by atoms with van der Waals surface area (Å²) in [5.41, 5.74) is 0.708. The SMILES string of the molecule is CC(C)CC(=O)N1CC(N(Cc2ccccn2)S(C)(=O)=O)C1. The van der Waals surface area contributed by atoms with E-state index in [1.165, 1.54) is 10.6 Å². The van der Waals surface area contributed by atoms with Crippen molar-refractivity contribution >= 4 is 15.9 Å². The van der Waals surface area contributed by atoms with Gasteiger partial charge in [-0.25, -0.2) is 8.42 Å². The summed E-state index contributed by atoms with van der Waals surface area (Å²) in [6.07, 6.45) is 3.36. The molecule has 1 saturated heterocycles. The van der Waals surface area contributed by atoms with Crippen LogP contribution in [0.2, 0.25) is 0 Å². The molecule has 22 heavy (non-hydrogen) atoms. The fraction of sp³-hybridized carbons (Fsp3) is 0.600. The number of pyridine rings is 1.